The zero-order valence-electron chi connectivity index (χ0n) is 9.73. The van der Waals surface area contributed by atoms with E-state index in [0.717, 1.165) is 30.8 Å². The molecule has 0 amide bonds. The first kappa shape index (κ1) is 11.2. The lowest BCUT2D eigenvalue weighted by atomic mass is 10.3. The number of nitrogens with two attached hydrogens (primary N) is 1. The fourth-order valence-corrected chi connectivity index (χ4v) is 2.62. The first-order valence-corrected chi connectivity index (χ1v) is 6.48. The molecule has 3 nitrogen and oxygen atoms in total. The Hall–Kier alpha value is -1.29. The number of thiophene rings is 1. The Kier molecular flexibility index (Phi) is 3.29. The molecule has 0 aliphatic carbocycles. The molecule has 2 aromatic rings. The van der Waals surface area contributed by atoms with Crippen molar-refractivity contribution >= 4 is 17.0 Å². The van der Waals surface area contributed by atoms with Gasteiger partial charge in [-0.05, 0) is 25.0 Å². The van der Waals surface area contributed by atoms with Gasteiger partial charge in [0.1, 0.15) is 5.69 Å². The van der Waals surface area contributed by atoms with Crippen LogP contribution in [0.3, 0.4) is 0 Å². The van der Waals surface area contributed by atoms with E-state index in [1.165, 1.54) is 9.75 Å². The van der Waals surface area contributed by atoms with Crippen LogP contribution in [0.15, 0.2) is 18.3 Å². The van der Waals surface area contributed by atoms with Crippen LogP contribution in [0.5, 0.6) is 0 Å². The molecule has 86 valence electrons. The van der Waals surface area contributed by atoms with Crippen LogP contribution < -0.4 is 5.73 Å². The summed E-state index contributed by atoms with van der Waals surface area (Å²) in [5, 5.41) is 4.52. The van der Waals surface area contributed by atoms with Gasteiger partial charge in [-0.15, -0.1) is 11.3 Å². The van der Waals surface area contributed by atoms with E-state index in [1.807, 2.05) is 10.9 Å². The lowest BCUT2D eigenvalue weighted by Crippen LogP contribution is -1.96. The Morgan fingerprint density at radius 1 is 1.38 bits per heavy atom. The largest absolute Gasteiger partial charge is 0.396 e. The third-order valence-corrected chi connectivity index (χ3v) is 3.72. The van der Waals surface area contributed by atoms with E-state index in [2.05, 4.69) is 31.1 Å². The van der Waals surface area contributed by atoms with Crippen molar-refractivity contribution in [2.45, 2.75) is 33.2 Å². The number of hydrogen-bond acceptors (Lipinski definition) is 3. The Morgan fingerprint density at radius 3 is 2.81 bits per heavy atom. The van der Waals surface area contributed by atoms with Crippen molar-refractivity contribution in [2.24, 2.45) is 0 Å². The maximum atomic E-state index is 5.98. The van der Waals surface area contributed by atoms with E-state index in [9.17, 15) is 0 Å². The van der Waals surface area contributed by atoms with Crippen molar-refractivity contribution in [3.05, 3.63) is 23.2 Å². The molecular weight excluding hydrogens is 218 g/mol. The molecule has 0 aromatic carbocycles. The van der Waals surface area contributed by atoms with Crippen molar-refractivity contribution in [3.8, 4) is 10.6 Å². The lowest BCUT2D eigenvalue weighted by Gasteiger charge is -1.95. The minimum atomic E-state index is 0.776. The van der Waals surface area contributed by atoms with Gasteiger partial charge in [0.25, 0.3) is 0 Å². The van der Waals surface area contributed by atoms with Crippen LogP contribution in [-0.4, -0.2) is 9.78 Å². The molecule has 2 heterocycles. The van der Waals surface area contributed by atoms with Crippen LogP contribution in [-0.2, 0) is 13.0 Å². The van der Waals surface area contributed by atoms with Crippen molar-refractivity contribution in [1.29, 1.82) is 0 Å². The third-order valence-electron chi connectivity index (χ3n) is 2.49. The van der Waals surface area contributed by atoms with Crippen LogP contribution in [0, 0.1) is 0 Å². The molecule has 0 aliphatic rings. The van der Waals surface area contributed by atoms with E-state index in [0.29, 0.717) is 0 Å². The molecule has 0 fully saturated rings. The SMILES string of the molecule is CCCn1cc(N)c(-c2ccc(CC)s2)n1. The first-order chi connectivity index (χ1) is 7.74. The molecule has 0 atom stereocenters. The number of aryl methyl sites for hydroxylation is 2. The molecule has 2 N–H and O–H groups in total. The van der Waals surface area contributed by atoms with Crippen LogP contribution in [0.4, 0.5) is 5.69 Å². The highest BCUT2D eigenvalue weighted by molar-refractivity contribution is 7.15. The summed E-state index contributed by atoms with van der Waals surface area (Å²) < 4.78 is 1.93. The summed E-state index contributed by atoms with van der Waals surface area (Å²) in [5.41, 5.74) is 7.68. The molecule has 16 heavy (non-hydrogen) atoms. The smallest absolute Gasteiger partial charge is 0.125 e. The zero-order valence-corrected chi connectivity index (χ0v) is 10.5. The highest BCUT2D eigenvalue weighted by Crippen LogP contribution is 2.31. The van der Waals surface area contributed by atoms with E-state index < -0.39 is 0 Å². The van der Waals surface area contributed by atoms with Crippen molar-refractivity contribution in [3.63, 3.8) is 0 Å². The van der Waals surface area contributed by atoms with Gasteiger partial charge in [0.2, 0.25) is 0 Å². The number of nitrogens with zero attached hydrogens (tertiary/aromatic N) is 2. The molecule has 2 aromatic heterocycles. The predicted octanol–water partition coefficient (Wildman–Crippen LogP) is 3.17. The molecular formula is C12H17N3S. The number of nitrogen functional groups attached to an aromatic ring is 1. The topological polar surface area (TPSA) is 43.8 Å². The molecule has 0 unspecified atom stereocenters. The van der Waals surface area contributed by atoms with Crippen LogP contribution in [0.1, 0.15) is 25.1 Å². The van der Waals surface area contributed by atoms with Gasteiger partial charge in [0.15, 0.2) is 0 Å². The Morgan fingerprint density at radius 2 is 2.19 bits per heavy atom. The van der Waals surface area contributed by atoms with Gasteiger partial charge in [-0.25, -0.2) is 0 Å². The lowest BCUT2D eigenvalue weighted by molar-refractivity contribution is 0.605. The highest BCUT2D eigenvalue weighted by Gasteiger charge is 2.10. The second-order valence-corrected chi connectivity index (χ2v) is 4.98. The van der Waals surface area contributed by atoms with Crippen molar-refractivity contribution < 1.29 is 0 Å². The summed E-state index contributed by atoms with van der Waals surface area (Å²) in [6.07, 6.45) is 4.07. The van der Waals surface area contributed by atoms with Gasteiger partial charge in [0, 0.05) is 17.6 Å². The van der Waals surface area contributed by atoms with E-state index >= 15 is 0 Å². The fraction of sp³-hybridized carbons (Fsp3) is 0.417. The Balaban J connectivity index is 2.32. The molecule has 0 saturated carbocycles. The standard InChI is InChI=1S/C12H17N3S/c1-3-7-15-8-10(13)12(14-15)11-6-5-9(4-2)16-11/h5-6,8H,3-4,7,13H2,1-2H3. The van der Waals surface area contributed by atoms with Crippen molar-refractivity contribution in [1.82, 2.24) is 9.78 Å². The fourth-order valence-electron chi connectivity index (χ4n) is 1.67. The second-order valence-electron chi connectivity index (χ2n) is 3.82. The summed E-state index contributed by atoms with van der Waals surface area (Å²) in [7, 11) is 0. The van der Waals surface area contributed by atoms with Gasteiger partial charge in [-0.2, -0.15) is 5.10 Å². The molecule has 0 spiro atoms. The quantitative estimate of drug-likeness (QED) is 0.884. The van der Waals surface area contributed by atoms with E-state index in [1.54, 1.807) is 11.3 Å². The normalized spacial score (nSPS) is 10.9. The summed E-state index contributed by atoms with van der Waals surface area (Å²) in [6.45, 7) is 5.22. The molecule has 0 saturated heterocycles. The number of aromatic nitrogens is 2. The van der Waals surface area contributed by atoms with Crippen LogP contribution in [0.2, 0.25) is 0 Å². The third kappa shape index (κ3) is 2.11. The summed E-state index contributed by atoms with van der Waals surface area (Å²) >= 11 is 1.78. The van der Waals surface area contributed by atoms with Crippen molar-refractivity contribution in [2.75, 3.05) is 5.73 Å². The molecule has 0 aliphatic heterocycles. The number of hydrogen-bond donors (Lipinski definition) is 1. The molecule has 0 radical (unpaired) electrons. The summed E-state index contributed by atoms with van der Waals surface area (Å²) in [4.78, 5) is 2.55. The maximum Gasteiger partial charge on any atom is 0.125 e. The van der Waals surface area contributed by atoms with Crippen LogP contribution in [0.25, 0.3) is 10.6 Å². The molecule has 4 heteroatoms. The zero-order chi connectivity index (χ0) is 11.5. The first-order valence-electron chi connectivity index (χ1n) is 5.66. The van der Waals surface area contributed by atoms with Gasteiger partial charge >= 0.3 is 0 Å². The Bertz CT molecular complexity index is 470. The average Bonchev–Trinajstić information content (AvgIpc) is 2.85. The minimum absolute atomic E-state index is 0.776. The maximum absolute atomic E-state index is 5.98. The van der Waals surface area contributed by atoms with Gasteiger partial charge in [-0.3, -0.25) is 4.68 Å². The molecule has 2 rings (SSSR count). The van der Waals surface area contributed by atoms with Crippen LogP contribution >= 0.6 is 11.3 Å². The number of rotatable bonds is 4. The average molecular weight is 235 g/mol. The molecule has 0 bridgehead atoms. The van der Waals surface area contributed by atoms with Gasteiger partial charge < -0.3 is 5.73 Å². The second kappa shape index (κ2) is 4.70. The van der Waals surface area contributed by atoms with Gasteiger partial charge in [-0.1, -0.05) is 13.8 Å². The Labute approximate surface area is 99.9 Å². The van der Waals surface area contributed by atoms with Gasteiger partial charge in [0.05, 0.1) is 10.6 Å². The predicted molar refractivity (Wildman–Crippen MR) is 69.6 cm³/mol. The van der Waals surface area contributed by atoms with E-state index in [-0.39, 0.29) is 0 Å². The summed E-state index contributed by atoms with van der Waals surface area (Å²) in [6, 6.07) is 4.26. The number of anilines is 1. The monoisotopic (exact) mass is 235 g/mol. The highest BCUT2D eigenvalue weighted by atomic mass is 32.1. The minimum Gasteiger partial charge on any atom is -0.396 e. The van der Waals surface area contributed by atoms with E-state index in [4.69, 9.17) is 5.73 Å². The summed E-state index contributed by atoms with van der Waals surface area (Å²) in [5.74, 6) is 0.